The van der Waals surface area contributed by atoms with E-state index in [2.05, 4.69) is 135 Å². The second kappa shape index (κ2) is 13.1. The van der Waals surface area contributed by atoms with E-state index in [1.165, 1.54) is 22.3 Å². The minimum Gasteiger partial charge on any atom is -0.451 e. The van der Waals surface area contributed by atoms with Crippen molar-refractivity contribution in [2.24, 2.45) is 0 Å². The molecule has 1 saturated heterocycles. The Morgan fingerprint density at radius 1 is 0.730 bits per heavy atom. The number of nitrogens with zero attached hydrogens (tertiary/aromatic N) is 2. The number of nitrogens with one attached hydrogen (secondary N) is 1. The molecule has 37 heavy (non-hydrogen) atoms. The summed E-state index contributed by atoms with van der Waals surface area (Å²) in [7, 11) is 0. The number of anilines is 2. The summed E-state index contributed by atoms with van der Waals surface area (Å²) in [6.45, 7) is 17.5. The second-order valence-electron chi connectivity index (χ2n) is 9.66. The first-order valence-corrected chi connectivity index (χ1v) is 12.5. The molecule has 0 amide bonds. The van der Waals surface area contributed by atoms with Gasteiger partial charge in [0.2, 0.25) is 0 Å². The van der Waals surface area contributed by atoms with Gasteiger partial charge in [0.1, 0.15) is 11.6 Å². The van der Waals surface area contributed by atoms with E-state index >= 15 is 0 Å². The SMILES string of the molecule is Cc1cc(C)c(N2CC(=N)N(c3c(C)cc(C)cc3C)C2Oc2c(C)cccc2C)c(C)c1.ClOCl.[V]. The number of amidine groups is 1. The van der Waals surface area contributed by atoms with Gasteiger partial charge in [-0.15, -0.1) is 0 Å². The van der Waals surface area contributed by atoms with E-state index in [-0.39, 0.29) is 18.6 Å². The average Bonchev–Trinajstić information content (AvgIpc) is 3.05. The van der Waals surface area contributed by atoms with Gasteiger partial charge in [-0.2, -0.15) is 3.84 Å². The van der Waals surface area contributed by atoms with E-state index in [4.69, 9.17) is 10.1 Å². The molecule has 0 spiro atoms. The monoisotopic (exact) mass is 578 g/mol. The van der Waals surface area contributed by atoms with Gasteiger partial charge in [0.05, 0.1) is 36.0 Å². The minimum absolute atomic E-state index is 0. The molecular weight excluding hydrogens is 544 g/mol. The Bertz CT molecular complexity index is 1220. The molecule has 3 aromatic carbocycles. The molecule has 197 valence electrons. The van der Waals surface area contributed by atoms with Gasteiger partial charge in [-0.05, 0) is 88.8 Å². The smallest absolute Gasteiger partial charge is 0.259 e. The molecule has 4 rings (SSSR count). The van der Waals surface area contributed by atoms with E-state index in [0.29, 0.717) is 12.4 Å². The van der Waals surface area contributed by atoms with Crippen molar-refractivity contribution in [3.8, 4) is 5.75 Å². The van der Waals surface area contributed by atoms with Crippen molar-refractivity contribution < 1.29 is 27.1 Å². The Hall–Kier alpha value is -2.15. The third-order valence-corrected chi connectivity index (χ3v) is 6.53. The molecule has 0 aromatic heterocycles. The number of aryl methyl sites for hydroxylation is 8. The van der Waals surface area contributed by atoms with Crippen LogP contribution in [0.4, 0.5) is 11.4 Å². The fourth-order valence-corrected chi connectivity index (χ4v) is 5.41. The van der Waals surface area contributed by atoms with Crippen molar-refractivity contribution in [3.05, 3.63) is 87.0 Å². The Kier molecular flexibility index (Phi) is 11.0. The van der Waals surface area contributed by atoms with Crippen molar-refractivity contribution in [1.29, 1.82) is 5.41 Å². The van der Waals surface area contributed by atoms with E-state index in [1.807, 2.05) is 0 Å². The van der Waals surface area contributed by atoms with Crippen LogP contribution in [0.5, 0.6) is 5.75 Å². The Labute approximate surface area is 243 Å². The molecule has 8 heteroatoms. The first kappa shape index (κ1) is 31.1. The van der Waals surface area contributed by atoms with E-state index in [0.717, 1.165) is 39.4 Å². The van der Waals surface area contributed by atoms with Gasteiger partial charge in [-0.1, -0.05) is 53.6 Å². The maximum atomic E-state index is 9.06. The fraction of sp³-hybridized carbons (Fsp3) is 0.345. The van der Waals surface area contributed by atoms with E-state index in [1.54, 1.807) is 0 Å². The predicted molar refractivity (Wildman–Crippen MR) is 152 cm³/mol. The normalized spacial score (nSPS) is 14.8. The number of hydrogen-bond donors (Lipinski definition) is 1. The van der Waals surface area contributed by atoms with Crippen LogP contribution >= 0.6 is 23.7 Å². The third-order valence-electron chi connectivity index (χ3n) is 6.53. The van der Waals surface area contributed by atoms with Gasteiger partial charge >= 0.3 is 0 Å². The van der Waals surface area contributed by atoms with Crippen molar-refractivity contribution in [1.82, 2.24) is 0 Å². The van der Waals surface area contributed by atoms with Crippen LogP contribution in [0.15, 0.2) is 42.5 Å². The average molecular weight is 579 g/mol. The first-order chi connectivity index (χ1) is 17.0. The molecule has 0 bridgehead atoms. The van der Waals surface area contributed by atoms with E-state index in [9.17, 15) is 0 Å². The summed E-state index contributed by atoms with van der Waals surface area (Å²) in [6, 6.07) is 15.0. The van der Waals surface area contributed by atoms with Crippen LogP contribution < -0.4 is 14.5 Å². The van der Waals surface area contributed by atoms with Gasteiger partial charge in [0.15, 0.2) is 0 Å². The largest absolute Gasteiger partial charge is 0.451 e. The zero-order chi connectivity index (χ0) is 26.7. The molecule has 3 aromatic rings. The quantitative estimate of drug-likeness (QED) is 0.339. The number of halogens is 2. The van der Waals surface area contributed by atoms with Gasteiger partial charge in [0.25, 0.3) is 6.35 Å². The van der Waals surface area contributed by atoms with Crippen LogP contribution in [0.1, 0.15) is 44.5 Å². The summed E-state index contributed by atoms with van der Waals surface area (Å²) >= 11 is 8.53. The summed E-state index contributed by atoms with van der Waals surface area (Å²) in [4.78, 5) is 4.33. The minimum atomic E-state index is -0.447. The molecule has 5 nitrogen and oxygen atoms in total. The third kappa shape index (κ3) is 6.65. The molecule has 1 N–H and O–H groups in total. The standard InChI is InChI=1S/C29H35N3O.Cl2O.V/c1-17-12-21(5)26(22(6)13-17)31-16-25(30)32(27-23(7)14-18(2)15-24(27)8)29(31)33-28-19(3)10-9-11-20(28)4;1-3-2;/h9-15,29-30H,16H2,1-8H3;;. The first-order valence-electron chi connectivity index (χ1n) is 11.9. The van der Waals surface area contributed by atoms with Crippen molar-refractivity contribution >= 4 is 40.9 Å². The summed E-state index contributed by atoms with van der Waals surface area (Å²) in [5, 5.41) is 9.06. The van der Waals surface area contributed by atoms with Gasteiger partial charge in [-0.3, -0.25) is 10.3 Å². The maximum absolute atomic E-state index is 9.06. The van der Waals surface area contributed by atoms with Gasteiger partial charge in [-0.25, -0.2) is 0 Å². The molecule has 1 atom stereocenters. The van der Waals surface area contributed by atoms with Gasteiger partial charge < -0.3 is 9.64 Å². The Balaban J connectivity index is 0.00000115. The summed E-state index contributed by atoms with van der Waals surface area (Å²) < 4.78 is 10.0. The van der Waals surface area contributed by atoms with E-state index < -0.39 is 6.35 Å². The zero-order valence-electron chi connectivity index (χ0n) is 22.7. The van der Waals surface area contributed by atoms with Crippen LogP contribution in [0.3, 0.4) is 0 Å². The van der Waals surface area contributed by atoms with Crippen LogP contribution in [0.25, 0.3) is 0 Å². The predicted octanol–water partition coefficient (Wildman–Crippen LogP) is 8.13. The molecule has 1 fully saturated rings. The fourth-order valence-electron chi connectivity index (χ4n) is 5.41. The molecule has 1 aliphatic heterocycles. The molecule has 1 unspecified atom stereocenters. The van der Waals surface area contributed by atoms with Crippen LogP contribution in [0.2, 0.25) is 0 Å². The van der Waals surface area contributed by atoms with Crippen molar-refractivity contribution in [3.63, 3.8) is 0 Å². The molecule has 1 aliphatic rings. The number of benzene rings is 3. The second-order valence-corrected chi connectivity index (χ2v) is 10.1. The Morgan fingerprint density at radius 3 is 1.57 bits per heavy atom. The molecule has 1 heterocycles. The van der Waals surface area contributed by atoms with Crippen molar-refractivity contribution in [2.75, 3.05) is 16.3 Å². The molecule has 1 radical (unpaired) electrons. The number of para-hydroxylation sites is 1. The van der Waals surface area contributed by atoms with Crippen LogP contribution in [-0.2, 0) is 22.4 Å². The number of ether oxygens (including phenoxy) is 1. The number of hydrogen-bond acceptors (Lipinski definition) is 4. The van der Waals surface area contributed by atoms with Crippen LogP contribution in [-0.4, -0.2) is 18.7 Å². The summed E-state index contributed by atoms with van der Waals surface area (Å²) in [6.07, 6.45) is -0.447. The van der Waals surface area contributed by atoms with Crippen molar-refractivity contribution in [2.45, 2.75) is 61.7 Å². The zero-order valence-corrected chi connectivity index (χ0v) is 25.6. The Morgan fingerprint density at radius 2 is 1.14 bits per heavy atom. The maximum Gasteiger partial charge on any atom is 0.259 e. The molecular formula is C29H35Cl2N3O2V. The van der Waals surface area contributed by atoms with Crippen LogP contribution in [0, 0.1) is 60.8 Å². The molecule has 0 aliphatic carbocycles. The number of rotatable bonds is 4. The van der Waals surface area contributed by atoms with Gasteiger partial charge in [0, 0.05) is 24.2 Å². The summed E-state index contributed by atoms with van der Waals surface area (Å²) in [5.74, 6) is 1.43. The topological polar surface area (TPSA) is 48.8 Å². The molecule has 0 saturated carbocycles. The summed E-state index contributed by atoms with van der Waals surface area (Å²) in [5.41, 5.74) is 11.6.